The Hall–Kier alpha value is -2.09. The van der Waals surface area contributed by atoms with Crippen LogP contribution in [0.4, 0.5) is 0 Å². The predicted octanol–water partition coefficient (Wildman–Crippen LogP) is 2.27. The molecule has 146 valence electrons. The first-order valence-corrected chi connectivity index (χ1v) is 10.9. The molecule has 1 aliphatic heterocycles. The highest BCUT2D eigenvalue weighted by Gasteiger charge is 2.20. The summed E-state index contributed by atoms with van der Waals surface area (Å²) in [6.45, 7) is 3.53. The van der Waals surface area contributed by atoms with E-state index in [4.69, 9.17) is 9.47 Å². The van der Waals surface area contributed by atoms with Crippen LogP contribution < -0.4 is 19.5 Å². The third-order valence-corrected chi connectivity index (χ3v) is 5.87. The lowest BCUT2D eigenvalue weighted by Gasteiger charge is -2.19. The number of sulfonamides is 1. The van der Waals surface area contributed by atoms with Gasteiger partial charge in [-0.15, -0.1) is 0 Å². The molecule has 27 heavy (non-hydrogen) atoms. The van der Waals surface area contributed by atoms with E-state index < -0.39 is 10.0 Å². The normalized spacial score (nSPS) is 16.9. The van der Waals surface area contributed by atoms with E-state index in [-0.39, 0.29) is 24.9 Å². The number of rotatable bonds is 8. The molecule has 7 heteroatoms. The molecule has 0 bridgehead atoms. The van der Waals surface area contributed by atoms with E-state index in [1.165, 1.54) is 5.56 Å². The number of hydrogen-bond acceptors (Lipinski definition) is 5. The average Bonchev–Trinajstić information content (AvgIpc) is 2.88. The van der Waals surface area contributed by atoms with Gasteiger partial charge in [0.1, 0.15) is 24.7 Å². The summed E-state index contributed by atoms with van der Waals surface area (Å²) in [5.41, 5.74) is 2.31. The molecule has 2 aromatic carbocycles. The lowest BCUT2D eigenvalue weighted by atomic mass is 9.98. The Labute approximate surface area is 160 Å². The highest BCUT2D eigenvalue weighted by molar-refractivity contribution is 7.89. The molecular formula is C20H26N2O4S. The molecule has 0 saturated heterocycles. The minimum atomic E-state index is -3.20. The van der Waals surface area contributed by atoms with Crippen molar-refractivity contribution in [3.63, 3.8) is 0 Å². The van der Waals surface area contributed by atoms with Crippen LogP contribution in [0.15, 0.2) is 48.5 Å². The standard InChI is InChI=1S/C20H26N2O4S/c1-2-27(23,24)22-11-13-25-17-8-9-20-18(15-17)19(21-10-12-26-20)14-16-6-4-3-5-7-16/h3-9,15,19,21-22H,2,10-14H2,1H3. The Morgan fingerprint density at radius 3 is 2.81 bits per heavy atom. The van der Waals surface area contributed by atoms with E-state index in [0.717, 1.165) is 24.3 Å². The van der Waals surface area contributed by atoms with Crippen LogP contribution >= 0.6 is 0 Å². The summed E-state index contributed by atoms with van der Waals surface area (Å²) in [5, 5.41) is 3.54. The van der Waals surface area contributed by atoms with Crippen molar-refractivity contribution in [1.82, 2.24) is 10.0 Å². The van der Waals surface area contributed by atoms with Gasteiger partial charge in [-0.05, 0) is 37.1 Å². The highest BCUT2D eigenvalue weighted by atomic mass is 32.2. The first-order valence-electron chi connectivity index (χ1n) is 9.21. The van der Waals surface area contributed by atoms with Crippen molar-refractivity contribution < 1.29 is 17.9 Å². The smallest absolute Gasteiger partial charge is 0.211 e. The monoisotopic (exact) mass is 390 g/mol. The van der Waals surface area contributed by atoms with E-state index in [1.807, 2.05) is 36.4 Å². The largest absolute Gasteiger partial charge is 0.492 e. The number of fused-ring (bicyclic) bond motifs is 1. The van der Waals surface area contributed by atoms with Gasteiger partial charge >= 0.3 is 0 Å². The van der Waals surface area contributed by atoms with Gasteiger partial charge in [0.15, 0.2) is 0 Å². The molecule has 6 nitrogen and oxygen atoms in total. The summed E-state index contributed by atoms with van der Waals surface area (Å²) in [5.74, 6) is 1.63. The molecule has 0 spiro atoms. The SMILES string of the molecule is CCS(=O)(=O)NCCOc1ccc2c(c1)C(Cc1ccccc1)NCCO2. The van der Waals surface area contributed by atoms with Crippen LogP contribution in [-0.4, -0.2) is 40.5 Å². The minimum Gasteiger partial charge on any atom is -0.492 e. The van der Waals surface area contributed by atoms with Crippen LogP contribution in [0.3, 0.4) is 0 Å². The Balaban J connectivity index is 1.68. The zero-order valence-corrected chi connectivity index (χ0v) is 16.3. The second kappa shape index (κ2) is 9.21. The predicted molar refractivity (Wildman–Crippen MR) is 106 cm³/mol. The molecular weight excluding hydrogens is 364 g/mol. The van der Waals surface area contributed by atoms with Crippen LogP contribution in [0, 0.1) is 0 Å². The molecule has 1 unspecified atom stereocenters. The van der Waals surface area contributed by atoms with Gasteiger partial charge < -0.3 is 14.8 Å². The van der Waals surface area contributed by atoms with Gasteiger partial charge in [-0.1, -0.05) is 30.3 Å². The fourth-order valence-corrected chi connectivity index (χ4v) is 3.62. The summed E-state index contributed by atoms with van der Waals surface area (Å²) >= 11 is 0. The van der Waals surface area contributed by atoms with Gasteiger partial charge in [-0.25, -0.2) is 13.1 Å². The van der Waals surface area contributed by atoms with Crippen molar-refractivity contribution in [3.05, 3.63) is 59.7 Å². The fraction of sp³-hybridized carbons (Fsp3) is 0.400. The van der Waals surface area contributed by atoms with Crippen LogP contribution in [0.2, 0.25) is 0 Å². The average molecular weight is 391 g/mol. The molecule has 2 aromatic rings. The van der Waals surface area contributed by atoms with Gasteiger partial charge in [0.25, 0.3) is 0 Å². The topological polar surface area (TPSA) is 76.7 Å². The summed E-state index contributed by atoms with van der Waals surface area (Å²) in [6, 6.07) is 16.2. The number of hydrogen-bond donors (Lipinski definition) is 2. The summed E-state index contributed by atoms with van der Waals surface area (Å²) in [4.78, 5) is 0. The van der Waals surface area contributed by atoms with Gasteiger partial charge in [0.2, 0.25) is 10.0 Å². The molecule has 0 aromatic heterocycles. The number of benzene rings is 2. The molecule has 3 rings (SSSR count). The van der Waals surface area contributed by atoms with E-state index >= 15 is 0 Å². The zero-order valence-electron chi connectivity index (χ0n) is 15.5. The maximum absolute atomic E-state index is 11.5. The molecule has 0 fully saturated rings. The molecule has 0 saturated carbocycles. The molecule has 1 atom stereocenters. The van der Waals surface area contributed by atoms with Gasteiger partial charge in [0.05, 0.1) is 5.75 Å². The summed E-state index contributed by atoms with van der Waals surface area (Å²) < 4.78 is 37.0. The van der Waals surface area contributed by atoms with Crippen molar-refractivity contribution in [3.8, 4) is 11.5 Å². The second-order valence-corrected chi connectivity index (χ2v) is 8.49. The molecule has 1 heterocycles. The van der Waals surface area contributed by atoms with Gasteiger partial charge in [-0.2, -0.15) is 0 Å². The lowest BCUT2D eigenvalue weighted by Crippen LogP contribution is -2.29. The van der Waals surface area contributed by atoms with Gasteiger partial charge in [0, 0.05) is 24.7 Å². The Kier molecular flexibility index (Phi) is 6.71. The van der Waals surface area contributed by atoms with Crippen LogP contribution in [0.25, 0.3) is 0 Å². The quantitative estimate of drug-likeness (QED) is 0.676. The number of ether oxygens (including phenoxy) is 2. The van der Waals surface area contributed by atoms with Crippen molar-refractivity contribution in [2.75, 3.05) is 32.1 Å². The van der Waals surface area contributed by atoms with Crippen LogP contribution in [0.1, 0.15) is 24.1 Å². The maximum Gasteiger partial charge on any atom is 0.211 e. The molecule has 1 aliphatic rings. The van der Waals surface area contributed by atoms with Crippen molar-refractivity contribution in [2.45, 2.75) is 19.4 Å². The van der Waals surface area contributed by atoms with Crippen LogP contribution in [0.5, 0.6) is 11.5 Å². The van der Waals surface area contributed by atoms with E-state index in [0.29, 0.717) is 12.4 Å². The Morgan fingerprint density at radius 1 is 1.22 bits per heavy atom. The van der Waals surface area contributed by atoms with E-state index in [1.54, 1.807) is 6.92 Å². The lowest BCUT2D eigenvalue weighted by molar-refractivity contribution is 0.316. The van der Waals surface area contributed by atoms with E-state index in [9.17, 15) is 8.42 Å². The molecule has 0 amide bonds. The zero-order chi connectivity index (χ0) is 19.1. The van der Waals surface area contributed by atoms with Crippen molar-refractivity contribution in [1.29, 1.82) is 0 Å². The maximum atomic E-state index is 11.5. The van der Waals surface area contributed by atoms with Crippen molar-refractivity contribution >= 4 is 10.0 Å². The molecule has 2 N–H and O–H groups in total. The fourth-order valence-electron chi connectivity index (χ4n) is 3.02. The van der Waals surface area contributed by atoms with Gasteiger partial charge in [-0.3, -0.25) is 0 Å². The summed E-state index contributed by atoms with van der Waals surface area (Å²) in [6.07, 6.45) is 0.858. The third-order valence-electron chi connectivity index (χ3n) is 4.46. The van der Waals surface area contributed by atoms with Crippen molar-refractivity contribution in [2.24, 2.45) is 0 Å². The molecule has 0 radical (unpaired) electrons. The third kappa shape index (κ3) is 5.69. The minimum absolute atomic E-state index is 0.0655. The summed E-state index contributed by atoms with van der Waals surface area (Å²) in [7, 11) is -3.20. The Bertz CT molecular complexity index is 840. The first-order chi connectivity index (χ1) is 13.1. The number of nitrogens with one attached hydrogen (secondary N) is 2. The molecule has 0 aliphatic carbocycles. The first kappa shape index (κ1) is 19.7. The highest BCUT2D eigenvalue weighted by Crippen LogP contribution is 2.32. The van der Waals surface area contributed by atoms with E-state index in [2.05, 4.69) is 22.2 Å². The Morgan fingerprint density at radius 2 is 2.04 bits per heavy atom. The van der Waals surface area contributed by atoms with Crippen LogP contribution in [-0.2, 0) is 16.4 Å². The second-order valence-electron chi connectivity index (χ2n) is 6.39.